The molecule has 0 N–H and O–H groups in total. The number of rotatable bonds is 3. The van der Waals surface area contributed by atoms with Crippen molar-refractivity contribution >= 4 is 6.29 Å². The normalized spacial score (nSPS) is 9.64. The van der Waals surface area contributed by atoms with E-state index < -0.39 is 0 Å². The largest absolute Gasteiger partial charge is 0.413 e. The third-order valence-electron chi connectivity index (χ3n) is 1.34. The fourth-order valence-corrected chi connectivity index (χ4v) is 0.806. The van der Waals surface area contributed by atoms with E-state index >= 15 is 0 Å². The fraction of sp³-hybridized carbons (Fsp3) is 0.429. The van der Waals surface area contributed by atoms with Crippen molar-refractivity contribution in [2.24, 2.45) is 0 Å². The molecule has 1 aromatic rings. The molecule has 1 rings (SSSR count). The summed E-state index contributed by atoms with van der Waals surface area (Å²) in [7, 11) is 0. The summed E-state index contributed by atoms with van der Waals surface area (Å²) >= 11 is 0. The zero-order chi connectivity index (χ0) is 8.27. The van der Waals surface area contributed by atoms with Gasteiger partial charge in [-0.3, -0.25) is 4.79 Å². The minimum absolute atomic E-state index is 0.479. The number of aromatic nitrogens is 2. The van der Waals surface area contributed by atoms with Gasteiger partial charge in [0.25, 0.3) is 0 Å². The molecule has 0 spiro atoms. The predicted octanol–water partition coefficient (Wildman–Crippen LogP) is 0.453. The number of imidazole rings is 1. The van der Waals surface area contributed by atoms with E-state index in [0.29, 0.717) is 18.0 Å². The minimum atomic E-state index is 0.479. The summed E-state index contributed by atoms with van der Waals surface area (Å²) in [5.41, 5.74) is 1.17. The number of aryl methyl sites for hydroxylation is 1. The fourth-order valence-electron chi connectivity index (χ4n) is 0.806. The smallest absolute Gasteiger partial charge is 0.171 e. The average Bonchev–Trinajstić information content (AvgIpc) is 2.33. The molecule has 0 unspecified atom stereocenters. The molecule has 0 saturated heterocycles. The molecule has 0 radical (unpaired) electrons. The van der Waals surface area contributed by atoms with Crippen molar-refractivity contribution in [3.63, 3.8) is 0 Å². The number of hydrogen-bond acceptors (Lipinski definition) is 3. The summed E-state index contributed by atoms with van der Waals surface area (Å²) in [6.45, 7) is 4.14. The monoisotopic (exact) mass is 154 g/mol. The van der Waals surface area contributed by atoms with E-state index in [1.807, 2.05) is 6.92 Å². The molecule has 0 aromatic carbocycles. The van der Waals surface area contributed by atoms with Crippen LogP contribution >= 0.6 is 0 Å². The number of hydrogen-bond donors (Lipinski definition) is 0. The summed E-state index contributed by atoms with van der Waals surface area (Å²) in [5.74, 6) is 0. The molecule has 11 heavy (non-hydrogen) atoms. The molecule has 0 aliphatic rings. The third kappa shape index (κ3) is 1.39. The Morgan fingerprint density at radius 3 is 3.09 bits per heavy atom. The van der Waals surface area contributed by atoms with Crippen molar-refractivity contribution in [1.29, 1.82) is 0 Å². The molecule has 1 heterocycles. The first-order chi connectivity index (χ1) is 5.29. The Morgan fingerprint density at radius 1 is 1.82 bits per heavy atom. The number of nitrogens with zero attached hydrogens (tertiary/aromatic N) is 2. The molecule has 0 aliphatic carbocycles. The maximum absolute atomic E-state index is 10.4. The third-order valence-corrected chi connectivity index (χ3v) is 1.34. The molecule has 1 aromatic heterocycles. The van der Waals surface area contributed by atoms with Crippen LogP contribution in [0, 0.1) is 6.92 Å². The highest BCUT2D eigenvalue weighted by molar-refractivity contribution is 5.73. The van der Waals surface area contributed by atoms with E-state index in [-0.39, 0.29) is 0 Å². The van der Waals surface area contributed by atoms with E-state index in [9.17, 15) is 4.79 Å². The van der Waals surface area contributed by atoms with Gasteiger partial charge >= 0.3 is 0 Å². The van der Waals surface area contributed by atoms with Gasteiger partial charge < -0.3 is 4.84 Å². The van der Waals surface area contributed by atoms with Crippen LogP contribution < -0.4 is 4.84 Å². The standard InChI is InChI=1S/C7H10N2O2/c1-3-11-9-5-8-6(2)7(9)4-10/h4-5H,3H2,1-2H3. The maximum atomic E-state index is 10.4. The number of carbonyl (C=O) groups excluding carboxylic acids is 1. The summed E-state index contributed by atoms with van der Waals surface area (Å²) in [6.07, 6.45) is 2.22. The van der Waals surface area contributed by atoms with Crippen LogP contribution in [-0.2, 0) is 0 Å². The molecule has 60 valence electrons. The SMILES string of the molecule is CCOn1cnc(C)c1C=O. The second-order valence-corrected chi connectivity index (χ2v) is 2.08. The van der Waals surface area contributed by atoms with Crippen molar-refractivity contribution in [1.82, 2.24) is 9.71 Å². The second kappa shape index (κ2) is 3.18. The van der Waals surface area contributed by atoms with Crippen LogP contribution in [0.15, 0.2) is 6.33 Å². The first kappa shape index (κ1) is 7.78. The van der Waals surface area contributed by atoms with Crippen molar-refractivity contribution in [2.45, 2.75) is 13.8 Å². The second-order valence-electron chi connectivity index (χ2n) is 2.08. The van der Waals surface area contributed by atoms with Gasteiger partial charge in [-0.15, -0.1) is 0 Å². The van der Waals surface area contributed by atoms with E-state index in [0.717, 1.165) is 6.29 Å². The van der Waals surface area contributed by atoms with E-state index in [1.54, 1.807) is 6.92 Å². The van der Waals surface area contributed by atoms with Crippen LogP contribution in [0.4, 0.5) is 0 Å². The highest BCUT2D eigenvalue weighted by Crippen LogP contribution is 2.00. The lowest BCUT2D eigenvalue weighted by atomic mass is 10.4. The lowest BCUT2D eigenvalue weighted by Gasteiger charge is -2.02. The Labute approximate surface area is 64.8 Å². The lowest BCUT2D eigenvalue weighted by molar-refractivity contribution is 0.0980. The Kier molecular flexibility index (Phi) is 2.25. The van der Waals surface area contributed by atoms with Gasteiger partial charge in [0, 0.05) is 0 Å². The highest BCUT2D eigenvalue weighted by Gasteiger charge is 2.04. The molecule has 4 nitrogen and oxygen atoms in total. The van der Waals surface area contributed by atoms with Gasteiger partial charge in [-0.2, -0.15) is 4.73 Å². The molecule has 0 saturated carbocycles. The van der Waals surface area contributed by atoms with Gasteiger partial charge in [-0.05, 0) is 13.8 Å². The molecular formula is C7H10N2O2. The van der Waals surface area contributed by atoms with E-state index in [1.165, 1.54) is 11.1 Å². The lowest BCUT2D eigenvalue weighted by Crippen LogP contribution is -2.12. The molecule has 0 aliphatic heterocycles. The molecule has 0 bridgehead atoms. The number of aldehydes is 1. The van der Waals surface area contributed by atoms with Gasteiger partial charge in [0.1, 0.15) is 18.6 Å². The first-order valence-corrected chi connectivity index (χ1v) is 3.42. The number of carbonyl (C=O) groups is 1. The van der Waals surface area contributed by atoms with Gasteiger partial charge in [0.2, 0.25) is 0 Å². The van der Waals surface area contributed by atoms with Gasteiger partial charge in [-0.25, -0.2) is 4.98 Å². The van der Waals surface area contributed by atoms with Crippen LogP contribution in [0.3, 0.4) is 0 Å². The van der Waals surface area contributed by atoms with Crippen LogP contribution in [-0.4, -0.2) is 22.6 Å². The van der Waals surface area contributed by atoms with E-state index in [4.69, 9.17) is 4.84 Å². The summed E-state index contributed by atoms with van der Waals surface area (Å²) in [5, 5.41) is 0. The molecule has 0 atom stereocenters. The highest BCUT2D eigenvalue weighted by atomic mass is 16.7. The van der Waals surface area contributed by atoms with Crippen molar-refractivity contribution < 1.29 is 9.63 Å². The average molecular weight is 154 g/mol. The molecule has 0 amide bonds. The topological polar surface area (TPSA) is 44.1 Å². The van der Waals surface area contributed by atoms with Gasteiger partial charge in [-0.1, -0.05) is 0 Å². The molecular weight excluding hydrogens is 144 g/mol. The van der Waals surface area contributed by atoms with Crippen LogP contribution in [0.25, 0.3) is 0 Å². The quantitative estimate of drug-likeness (QED) is 0.594. The predicted molar refractivity (Wildman–Crippen MR) is 39.5 cm³/mol. The van der Waals surface area contributed by atoms with Crippen LogP contribution in [0.5, 0.6) is 0 Å². The molecule has 0 fully saturated rings. The zero-order valence-electron chi connectivity index (χ0n) is 6.57. The van der Waals surface area contributed by atoms with E-state index in [2.05, 4.69) is 4.98 Å². The Morgan fingerprint density at radius 2 is 2.55 bits per heavy atom. The van der Waals surface area contributed by atoms with Crippen LogP contribution in [0.2, 0.25) is 0 Å². The van der Waals surface area contributed by atoms with Gasteiger partial charge in [0.15, 0.2) is 6.29 Å². The van der Waals surface area contributed by atoms with Crippen molar-refractivity contribution in [3.8, 4) is 0 Å². The Balaban J connectivity index is 2.95. The maximum Gasteiger partial charge on any atom is 0.171 e. The summed E-state index contributed by atoms with van der Waals surface area (Å²) < 4.78 is 1.38. The molecule has 4 heteroatoms. The van der Waals surface area contributed by atoms with Gasteiger partial charge in [0.05, 0.1) is 5.69 Å². The van der Waals surface area contributed by atoms with Crippen molar-refractivity contribution in [3.05, 3.63) is 17.7 Å². The first-order valence-electron chi connectivity index (χ1n) is 3.42. The Hall–Kier alpha value is -1.32. The summed E-state index contributed by atoms with van der Waals surface area (Å²) in [4.78, 5) is 19.4. The summed E-state index contributed by atoms with van der Waals surface area (Å²) in [6, 6.07) is 0. The Bertz CT molecular complexity index is 255. The van der Waals surface area contributed by atoms with Crippen LogP contribution in [0.1, 0.15) is 23.1 Å². The van der Waals surface area contributed by atoms with Crippen molar-refractivity contribution in [2.75, 3.05) is 6.61 Å². The zero-order valence-corrected chi connectivity index (χ0v) is 6.57. The minimum Gasteiger partial charge on any atom is -0.413 e.